The highest BCUT2D eigenvalue weighted by Gasteiger charge is 2.09. The van der Waals surface area contributed by atoms with Crippen LogP contribution in [-0.2, 0) is 0 Å². The van der Waals surface area contributed by atoms with E-state index in [2.05, 4.69) is 9.88 Å². The van der Waals surface area contributed by atoms with Crippen molar-refractivity contribution in [1.82, 2.24) is 4.98 Å². The van der Waals surface area contributed by atoms with Crippen LogP contribution in [0.5, 0.6) is 0 Å². The highest BCUT2D eigenvalue weighted by molar-refractivity contribution is 5.86. The van der Waals surface area contributed by atoms with Gasteiger partial charge in [0.2, 0.25) is 0 Å². The van der Waals surface area contributed by atoms with Crippen LogP contribution in [0.4, 0.5) is 5.69 Å². The van der Waals surface area contributed by atoms with E-state index in [1.165, 1.54) is 0 Å². The summed E-state index contributed by atoms with van der Waals surface area (Å²) in [5.41, 5.74) is 1.76. The van der Waals surface area contributed by atoms with Gasteiger partial charge in [0.05, 0.1) is 0 Å². The van der Waals surface area contributed by atoms with Crippen molar-refractivity contribution in [3.63, 3.8) is 0 Å². The smallest absolute Gasteiger partial charge is 0.354 e. The van der Waals surface area contributed by atoms with Gasteiger partial charge in [-0.25, -0.2) is 9.78 Å². The molecule has 0 aromatic carbocycles. The van der Waals surface area contributed by atoms with Crippen LogP contribution in [0.2, 0.25) is 0 Å². The molecule has 0 aliphatic carbocycles. The standard InChI is InChI=1S/C11H16N2O2/c1-4-13(5-2)9-6-8(3)12-10(7-9)11(14)15/h6-7H,4-5H2,1-3H3,(H,14,15). The van der Waals surface area contributed by atoms with Crippen molar-refractivity contribution in [1.29, 1.82) is 0 Å². The van der Waals surface area contributed by atoms with Crippen LogP contribution in [0.25, 0.3) is 0 Å². The number of aromatic nitrogens is 1. The zero-order valence-corrected chi connectivity index (χ0v) is 9.32. The van der Waals surface area contributed by atoms with Crippen molar-refractivity contribution in [3.05, 3.63) is 23.5 Å². The molecule has 4 heteroatoms. The largest absolute Gasteiger partial charge is 0.477 e. The SMILES string of the molecule is CCN(CC)c1cc(C)nc(C(=O)O)c1. The van der Waals surface area contributed by atoms with E-state index in [0.29, 0.717) is 0 Å². The van der Waals surface area contributed by atoms with E-state index in [4.69, 9.17) is 5.11 Å². The predicted molar refractivity (Wildman–Crippen MR) is 59.5 cm³/mol. The molecule has 15 heavy (non-hydrogen) atoms. The number of anilines is 1. The summed E-state index contributed by atoms with van der Waals surface area (Å²) >= 11 is 0. The van der Waals surface area contributed by atoms with Gasteiger partial charge in [0.1, 0.15) is 0 Å². The van der Waals surface area contributed by atoms with E-state index in [1.54, 1.807) is 13.0 Å². The fourth-order valence-corrected chi connectivity index (χ4v) is 1.53. The quantitative estimate of drug-likeness (QED) is 0.821. The maximum Gasteiger partial charge on any atom is 0.354 e. The zero-order chi connectivity index (χ0) is 11.4. The lowest BCUT2D eigenvalue weighted by Gasteiger charge is -2.21. The van der Waals surface area contributed by atoms with E-state index in [1.807, 2.05) is 19.9 Å². The Bertz CT molecular complexity index is 360. The lowest BCUT2D eigenvalue weighted by molar-refractivity contribution is 0.0690. The van der Waals surface area contributed by atoms with Crippen LogP contribution in [0.3, 0.4) is 0 Å². The van der Waals surface area contributed by atoms with Crippen molar-refractivity contribution in [2.75, 3.05) is 18.0 Å². The van der Waals surface area contributed by atoms with E-state index < -0.39 is 5.97 Å². The Balaban J connectivity index is 3.13. The van der Waals surface area contributed by atoms with Gasteiger partial charge in [-0.05, 0) is 32.9 Å². The summed E-state index contributed by atoms with van der Waals surface area (Å²) < 4.78 is 0. The van der Waals surface area contributed by atoms with Crippen molar-refractivity contribution >= 4 is 11.7 Å². The molecular weight excluding hydrogens is 192 g/mol. The number of carboxylic acid groups (broad SMARTS) is 1. The lowest BCUT2D eigenvalue weighted by Crippen LogP contribution is -2.22. The molecule has 0 saturated heterocycles. The number of hydrogen-bond donors (Lipinski definition) is 1. The van der Waals surface area contributed by atoms with Gasteiger partial charge in [-0.1, -0.05) is 0 Å². The Morgan fingerprint density at radius 1 is 1.40 bits per heavy atom. The Labute approximate surface area is 89.6 Å². The number of pyridine rings is 1. The van der Waals surface area contributed by atoms with Gasteiger partial charge in [0.15, 0.2) is 5.69 Å². The molecule has 0 aliphatic rings. The first-order valence-corrected chi connectivity index (χ1v) is 5.05. The van der Waals surface area contributed by atoms with Crippen LogP contribution in [0, 0.1) is 6.92 Å². The van der Waals surface area contributed by atoms with Gasteiger partial charge >= 0.3 is 5.97 Å². The monoisotopic (exact) mass is 208 g/mol. The average molecular weight is 208 g/mol. The van der Waals surface area contributed by atoms with Gasteiger partial charge in [-0.2, -0.15) is 0 Å². The maximum absolute atomic E-state index is 10.8. The molecule has 0 fully saturated rings. The highest BCUT2D eigenvalue weighted by Crippen LogP contribution is 2.16. The van der Waals surface area contributed by atoms with Crippen LogP contribution < -0.4 is 4.90 Å². The molecule has 1 rings (SSSR count). The van der Waals surface area contributed by atoms with E-state index in [-0.39, 0.29) is 5.69 Å². The van der Waals surface area contributed by atoms with Gasteiger partial charge in [-0.15, -0.1) is 0 Å². The summed E-state index contributed by atoms with van der Waals surface area (Å²) in [6.45, 7) is 7.61. The Morgan fingerprint density at radius 2 is 2.00 bits per heavy atom. The minimum atomic E-state index is -0.980. The predicted octanol–water partition coefficient (Wildman–Crippen LogP) is 1.93. The topological polar surface area (TPSA) is 53.4 Å². The third-order valence-electron chi connectivity index (χ3n) is 2.29. The van der Waals surface area contributed by atoms with Crippen LogP contribution in [0.1, 0.15) is 30.0 Å². The third kappa shape index (κ3) is 2.68. The molecule has 1 aromatic rings. The summed E-state index contributed by atoms with van der Waals surface area (Å²) in [5.74, 6) is -0.980. The van der Waals surface area contributed by atoms with Gasteiger partial charge < -0.3 is 10.0 Å². The number of nitrogens with zero attached hydrogens (tertiary/aromatic N) is 2. The van der Waals surface area contributed by atoms with Gasteiger partial charge in [-0.3, -0.25) is 0 Å². The first-order chi connectivity index (χ1) is 7.08. The number of carboxylic acids is 1. The normalized spacial score (nSPS) is 10.1. The molecular formula is C11H16N2O2. The van der Waals surface area contributed by atoms with E-state index in [9.17, 15) is 4.79 Å². The lowest BCUT2D eigenvalue weighted by atomic mass is 10.2. The first-order valence-electron chi connectivity index (χ1n) is 5.05. The second-order valence-corrected chi connectivity index (χ2v) is 3.33. The van der Waals surface area contributed by atoms with Crippen LogP contribution in [-0.4, -0.2) is 29.1 Å². The fraction of sp³-hybridized carbons (Fsp3) is 0.455. The molecule has 1 N–H and O–H groups in total. The van der Waals surface area contributed by atoms with Crippen LogP contribution >= 0.6 is 0 Å². The Morgan fingerprint density at radius 3 is 2.47 bits per heavy atom. The minimum absolute atomic E-state index is 0.108. The summed E-state index contributed by atoms with van der Waals surface area (Å²) in [6, 6.07) is 3.52. The van der Waals surface area contributed by atoms with E-state index in [0.717, 1.165) is 24.5 Å². The summed E-state index contributed by atoms with van der Waals surface area (Å²) in [5, 5.41) is 8.88. The average Bonchev–Trinajstić information content (AvgIpc) is 2.18. The molecule has 0 bridgehead atoms. The number of hydrogen-bond acceptors (Lipinski definition) is 3. The molecule has 1 aromatic heterocycles. The van der Waals surface area contributed by atoms with Crippen molar-refractivity contribution in [2.45, 2.75) is 20.8 Å². The zero-order valence-electron chi connectivity index (χ0n) is 9.32. The number of rotatable bonds is 4. The highest BCUT2D eigenvalue weighted by atomic mass is 16.4. The second-order valence-electron chi connectivity index (χ2n) is 3.33. The molecule has 0 radical (unpaired) electrons. The molecule has 4 nitrogen and oxygen atoms in total. The van der Waals surface area contributed by atoms with Crippen LogP contribution in [0.15, 0.2) is 12.1 Å². The molecule has 0 saturated carbocycles. The fourth-order valence-electron chi connectivity index (χ4n) is 1.53. The van der Waals surface area contributed by atoms with Gasteiger partial charge in [0.25, 0.3) is 0 Å². The van der Waals surface area contributed by atoms with Crippen molar-refractivity contribution in [2.24, 2.45) is 0 Å². The summed E-state index contributed by atoms with van der Waals surface area (Å²) in [7, 11) is 0. The number of aryl methyl sites for hydroxylation is 1. The minimum Gasteiger partial charge on any atom is -0.477 e. The number of aromatic carboxylic acids is 1. The third-order valence-corrected chi connectivity index (χ3v) is 2.29. The summed E-state index contributed by atoms with van der Waals surface area (Å²) in [4.78, 5) is 16.9. The molecule has 0 spiro atoms. The second kappa shape index (κ2) is 4.77. The molecule has 0 unspecified atom stereocenters. The molecule has 0 atom stereocenters. The Kier molecular flexibility index (Phi) is 3.66. The Hall–Kier alpha value is -1.58. The van der Waals surface area contributed by atoms with Crippen molar-refractivity contribution < 1.29 is 9.90 Å². The molecule has 0 aliphatic heterocycles. The first kappa shape index (κ1) is 11.5. The van der Waals surface area contributed by atoms with E-state index >= 15 is 0 Å². The maximum atomic E-state index is 10.8. The van der Waals surface area contributed by atoms with Crippen molar-refractivity contribution in [3.8, 4) is 0 Å². The molecule has 1 heterocycles. The van der Waals surface area contributed by atoms with Gasteiger partial charge in [0, 0.05) is 24.5 Å². The summed E-state index contributed by atoms with van der Waals surface area (Å²) in [6.07, 6.45) is 0. The number of carbonyl (C=O) groups is 1. The molecule has 0 amide bonds. The molecule has 82 valence electrons.